The van der Waals surface area contributed by atoms with Crippen molar-refractivity contribution < 1.29 is 4.74 Å². The van der Waals surface area contributed by atoms with Crippen LogP contribution in [0.5, 0.6) is 0 Å². The standard InChI is InChI=1S/C20H38N4O.HI/c1-21-19(22-12-6-9-18-7-2-3-8-18)23-17-20(10-15-25-16-11-20)24-13-4-5-14-24;/h18H,2-17H2,1H3,(H2,21,22,23);1H. The first-order valence-corrected chi connectivity index (χ1v) is 10.6. The zero-order chi connectivity index (χ0) is 17.4. The van der Waals surface area contributed by atoms with Gasteiger partial charge in [-0.1, -0.05) is 25.7 Å². The lowest BCUT2D eigenvalue weighted by Gasteiger charge is -2.45. The van der Waals surface area contributed by atoms with E-state index >= 15 is 0 Å². The molecule has 1 saturated carbocycles. The van der Waals surface area contributed by atoms with Gasteiger partial charge in [0, 0.05) is 38.9 Å². The third kappa shape index (κ3) is 6.23. The Morgan fingerprint density at radius 1 is 1.08 bits per heavy atom. The number of hydrogen-bond donors (Lipinski definition) is 2. The van der Waals surface area contributed by atoms with E-state index in [2.05, 4.69) is 20.5 Å². The Kier molecular flexibility index (Phi) is 9.99. The van der Waals surface area contributed by atoms with Gasteiger partial charge in [-0.15, -0.1) is 24.0 Å². The van der Waals surface area contributed by atoms with Crippen LogP contribution in [0.1, 0.15) is 64.2 Å². The number of nitrogens with zero attached hydrogens (tertiary/aromatic N) is 2. The van der Waals surface area contributed by atoms with Crippen molar-refractivity contribution in [3.8, 4) is 0 Å². The molecule has 152 valence electrons. The Morgan fingerprint density at radius 2 is 1.77 bits per heavy atom. The second-order valence-electron chi connectivity index (χ2n) is 8.18. The van der Waals surface area contributed by atoms with Gasteiger partial charge >= 0.3 is 0 Å². The maximum atomic E-state index is 5.65. The van der Waals surface area contributed by atoms with E-state index in [1.165, 1.54) is 64.5 Å². The maximum absolute atomic E-state index is 5.65. The lowest BCUT2D eigenvalue weighted by atomic mass is 9.88. The molecule has 2 heterocycles. The molecule has 26 heavy (non-hydrogen) atoms. The summed E-state index contributed by atoms with van der Waals surface area (Å²) in [5, 5.41) is 7.16. The molecule has 0 amide bonds. The first kappa shape index (κ1) is 22.2. The Hall–Kier alpha value is -0.0800. The molecule has 0 aromatic rings. The molecule has 0 atom stereocenters. The largest absolute Gasteiger partial charge is 0.381 e. The van der Waals surface area contributed by atoms with E-state index in [1.54, 1.807) is 0 Å². The molecule has 0 spiro atoms. The van der Waals surface area contributed by atoms with Gasteiger partial charge in [-0.2, -0.15) is 0 Å². The smallest absolute Gasteiger partial charge is 0.191 e. The van der Waals surface area contributed by atoms with Crippen molar-refractivity contribution in [2.24, 2.45) is 10.9 Å². The third-order valence-electron chi connectivity index (χ3n) is 6.57. The summed E-state index contributed by atoms with van der Waals surface area (Å²) >= 11 is 0. The first-order valence-electron chi connectivity index (χ1n) is 10.6. The third-order valence-corrected chi connectivity index (χ3v) is 6.57. The van der Waals surface area contributed by atoms with Crippen LogP contribution in [0, 0.1) is 5.92 Å². The fourth-order valence-electron chi connectivity index (χ4n) is 4.91. The predicted molar refractivity (Wildman–Crippen MR) is 120 cm³/mol. The number of halogens is 1. The molecule has 6 heteroatoms. The number of nitrogens with one attached hydrogen (secondary N) is 2. The average molecular weight is 478 g/mol. The monoisotopic (exact) mass is 478 g/mol. The van der Waals surface area contributed by atoms with Gasteiger partial charge in [-0.05, 0) is 57.5 Å². The van der Waals surface area contributed by atoms with E-state index in [-0.39, 0.29) is 29.5 Å². The summed E-state index contributed by atoms with van der Waals surface area (Å²) in [5.41, 5.74) is 0.260. The molecule has 2 saturated heterocycles. The van der Waals surface area contributed by atoms with Gasteiger partial charge in [0.25, 0.3) is 0 Å². The van der Waals surface area contributed by atoms with E-state index < -0.39 is 0 Å². The fraction of sp³-hybridized carbons (Fsp3) is 0.950. The number of ether oxygens (including phenoxy) is 1. The molecule has 5 nitrogen and oxygen atoms in total. The van der Waals surface area contributed by atoms with Crippen molar-refractivity contribution in [3.05, 3.63) is 0 Å². The Bertz CT molecular complexity index is 414. The molecular weight excluding hydrogens is 439 g/mol. The van der Waals surface area contributed by atoms with Gasteiger partial charge in [-0.3, -0.25) is 9.89 Å². The number of likely N-dealkylation sites (tertiary alicyclic amines) is 1. The Balaban J connectivity index is 0.00000243. The molecular formula is C20H39IN4O. The molecule has 1 aliphatic carbocycles. The minimum Gasteiger partial charge on any atom is -0.381 e. The van der Waals surface area contributed by atoms with E-state index in [4.69, 9.17) is 4.74 Å². The van der Waals surface area contributed by atoms with Crippen molar-refractivity contribution in [1.82, 2.24) is 15.5 Å². The summed E-state index contributed by atoms with van der Waals surface area (Å²) in [6, 6.07) is 0. The van der Waals surface area contributed by atoms with Gasteiger partial charge in [0.15, 0.2) is 5.96 Å². The van der Waals surface area contributed by atoms with Gasteiger partial charge < -0.3 is 15.4 Å². The lowest BCUT2D eigenvalue weighted by molar-refractivity contribution is -0.0164. The molecule has 3 fully saturated rings. The van der Waals surface area contributed by atoms with Crippen LogP contribution in [0.2, 0.25) is 0 Å². The molecule has 3 aliphatic rings. The van der Waals surface area contributed by atoms with Crippen LogP contribution in [0.4, 0.5) is 0 Å². The van der Waals surface area contributed by atoms with Crippen LogP contribution >= 0.6 is 24.0 Å². The summed E-state index contributed by atoms with van der Waals surface area (Å²) in [5.74, 6) is 1.95. The van der Waals surface area contributed by atoms with Gasteiger partial charge in [0.1, 0.15) is 0 Å². The zero-order valence-electron chi connectivity index (χ0n) is 16.6. The van der Waals surface area contributed by atoms with Crippen molar-refractivity contribution in [2.75, 3.05) is 46.4 Å². The van der Waals surface area contributed by atoms with Crippen molar-refractivity contribution in [1.29, 1.82) is 0 Å². The van der Waals surface area contributed by atoms with E-state index in [1.807, 2.05) is 7.05 Å². The van der Waals surface area contributed by atoms with Gasteiger partial charge in [-0.25, -0.2) is 0 Å². The second kappa shape index (κ2) is 11.7. The van der Waals surface area contributed by atoms with Crippen molar-refractivity contribution in [3.63, 3.8) is 0 Å². The van der Waals surface area contributed by atoms with Crippen LogP contribution in [0.3, 0.4) is 0 Å². The highest BCUT2D eigenvalue weighted by atomic mass is 127. The maximum Gasteiger partial charge on any atom is 0.191 e. The topological polar surface area (TPSA) is 48.9 Å². The summed E-state index contributed by atoms with van der Waals surface area (Å²) in [6.07, 6.45) is 13.4. The van der Waals surface area contributed by atoms with E-state index in [0.29, 0.717) is 0 Å². The SMILES string of the molecule is CN=C(NCCCC1CCCC1)NCC1(N2CCCC2)CCOCC1.I. The molecule has 0 unspecified atom stereocenters. The second-order valence-corrected chi connectivity index (χ2v) is 8.18. The molecule has 0 aromatic carbocycles. The molecule has 3 rings (SSSR count). The molecule has 2 aliphatic heterocycles. The van der Waals surface area contributed by atoms with Crippen LogP contribution in [0.25, 0.3) is 0 Å². The molecule has 0 bridgehead atoms. The summed E-state index contributed by atoms with van der Waals surface area (Å²) in [6.45, 7) is 6.30. The van der Waals surface area contributed by atoms with Crippen LogP contribution < -0.4 is 10.6 Å². The normalized spacial score (nSPS) is 24.4. The fourth-order valence-corrected chi connectivity index (χ4v) is 4.91. The van der Waals surface area contributed by atoms with Gasteiger partial charge in [0.2, 0.25) is 0 Å². The quantitative estimate of drug-likeness (QED) is 0.255. The predicted octanol–water partition coefficient (Wildman–Crippen LogP) is 3.38. The Labute approximate surface area is 177 Å². The molecule has 0 aromatic heterocycles. The van der Waals surface area contributed by atoms with Crippen LogP contribution in [-0.2, 0) is 4.74 Å². The molecule has 2 N–H and O–H groups in total. The zero-order valence-corrected chi connectivity index (χ0v) is 18.9. The summed E-state index contributed by atoms with van der Waals surface area (Å²) in [4.78, 5) is 7.15. The molecule has 0 radical (unpaired) electrons. The highest BCUT2D eigenvalue weighted by molar-refractivity contribution is 14.0. The van der Waals surface area contributed by atoms with E-state index in [0.717, 1.165) is 51.0 Å². The number of aliphatic imine (C=N–C) groups is 1. The van der Waals surface area contributed by atoms with Crippen molar-refractivity contribution >= 4 is 29.9 Å². The van der Waals surface area contributed by atoms with Crippen LogP contribution in [0.15, 0.2) is 4.99 Å². The van der Waals surface area contributed by atoms with Crippen molar-refractivity contribution in [2.45, 2.75) is 69.7 Å². The highest BCUT2D eigenvalue weighted by Gasteiger charge is 2.39. The lowest BCUT2D eigenvalue weighted by Crippen LogP contribution is -2.58. The van der Waals surface area contributed by atoms with Gasteiger partial charge in [0.05, 0.1) is 0 Å². The number of guanidine groups is 1. The first-order chi connectivity index (χ1) is 12.3. The van der Waals surface area contributed by atoms with Crippen LogP contribution in [-0.4, -0.2) is 62.8 Å². The number of hydrogen-bond acceptors (Lipinski definition) is 3. The number of rotatable bonds is 7. The van der Waals surface area contributed by atoms with E-state index in [9.17, 15) is 0 Å². The summed E-state index contributed by atoms with van der Waals surface area (Å²) < 4.78 is 5.65. The highest BCUT2D eigenvalue weighted by Crippen LogP contribution is 2.31. The average Bonchev–Trinajstić information content (AvgIpc) is 3.36. The Morgan fingerprint density at radius 3 is 2.42 bits per heavy atom. The minimum atomic E-state index is 0. The minimum absolute atomic E-state index is 0. The summed E-state index contributed by atoms with van der Waals surface area (Å²) in [7, 11) is 1.89.